The fourth-order valence-corrected chi connectivity index (χ4v) is 8.23. The van der Waals surface area contributed by atoms with Gasteiger partial charge in [-0.2, -0.15) is 0 Å². The molecule has 0 radical (unpaired) electrons. The van der Waals surface area contributed by atoms with Crippen molar-refractivity contribution in [2.24, 2.45) is 0 Å². The van der Waals surface area contributed by atoms with Crippen LogP contribution in [0.3, 0.4) is 0 Å². The number of carbonyl (C=O) groups excluding carboxylic acids is 1. The van der Waals surface area contributed by atoms with Gasteiger partial charge in [0.15, 0.2) is 0 Å². The molecular formula is C31H35ClF3N5O5S. The predicted molar refractivity (Wildman–Crippen MR) is 170 cm³/mol. The maximum Gasteiger partial charge on any atom is 0.407 e. The number of rotatable bonds is 9. The molecule has 3 aromatic rings. The summed E-state index contributed by atoms with van der Waals surface area (Å²) < 4.78 is 67.7. The second-order valence-electron chi connectivity index (χ2n) is 11.6. The Hall–Kier alpha value is -3.40. The summed E-state index contributed by atoms with van der Waals surface area (Å²) in [7, 11) is -1.84. The van der Waals surface area contributed by atoms with E-state index in [1.54, 1.807) is 4.31 Å². The van der Waals surface area contributed by atoms with E-state index < -0.39 is 52.2 Å². The number of hydrogen-bond acceptors (Lipinski definition) is 7. The topological polar surface area (TPSA) is 138 Å². The Kier molecular flexibility index (Phi) is 10.4. The Morgan fingerprint density at radius 1 is 1.15 bits per heavy atom. The first-order valence-electron chi connectivity index (χ1n) is 14.7. The fourth-order valence-electron chi connectivity index (χ4n) is 6.25. The van der Waals surface area contributed by atoms with E-state index in [9.17, 15) is 32.6 Å². The van der Waals surface area contributed by atoms with Crippen molar-refractivity contribution in [1.29, 1.82) is 0 Å². The Labute approximate surface area is 271 Å². The lowest BCUT2D eigenvalue weighted by molar-refractivity contribution is -0.120. The van der Waals surface area contributed by atoms with Crippen molar-refractivity contribution in [3.05, 3.63) is 94.0 Å². The number of hydrogen-bond donors (Lipinski definition) is 5. The standard InChI is InChI=1S/C31H35ClF3N5O5S/c1-39(31(42)43)29(28(19-12-20(33)15-36-14-19)18-7-10-24(32)26(35)13-18)30(41)38-27-6-2-5-25(34)23(27)9-8-22-16-37-21-4-3-11-46(44,45)40(22)17-21/h2,5-7,10,12-15,21-22,28-29,37,44-45H,3-4,8-9,11,16-17H2,1H3,(H,38,41)(H,42,43)/t21?,22?,28-,29-/m0/s1. The minimum Gasteiger partial charge on any atom is -0.465 e. The molecule has 2 fully saturated rings. The molecule has 3 unspecified atom stereocenters. The minimum absolute atomic E-state index is 0.0799. The average Bonchev–Trinajstić information content (AvgIpc) is 3.12. The van der Waals surface area contributed by atoms with E-state index in [0.717, 1.165) is 31.8 Å². The van der Waals surface area contributed by atoms with E-state index in [1.165, 1.54) is 36.5 Å². The molecule has 5 N–H and O–H groups in total. The number of carbonyl (C=O) groups is 2. The number of piperazine rings is 1. The highest BCUT2D eigenvalue weighted by Gasteiger charge is 2.40. The summed E-state index contributed by atoms with van der Waals surface area (Å²) in [6.07, 6.45) is 2.63. The zero-order chi connectivity index (χ0) is 33.2. The van der Waals surface area contributed by atoms with Gasteiger partial charge in [-0.15, -0.1) is 10.8 Å². The molecule has 5 atom stereocenters. The van der Waals surface area contributed by atoms with Gasteiger partial charge < -0.3 is 15.7 Å². The molecule has 46 heavy (non-hydrogen) atoms. The van der Waals surface area contributed by atoms with Crippen LogP contribution in [0.5, 0.6) is 0 Å². The Morgan fingerprint density at radius 2 is 1.93 bits per heavy atom. The highest BCUT2D eigenvalue weighted by molar-refractivity contribution is 8.22. The van der Waals surface area contributed by atoms with Gasteiger partial charge in [-0.05, 0) is 67.1 Å². The molecule has 2 aromatic carbocycles. The van der Waals surface area contributed by atoms with Gasteiger partial charge in [0, 0.05) is 55.6 Å². The summed E-state index contributed by atoms with van der Waals surface area (Å²) in [5, 5.41) is 15.9. The van der Waals surface area contributed by atoms with Crippen molar-refractivity contribution in [3.63, 3.8) is 0 Å². The molecule has 3 heterocycles. The predicted octanol–water partition coefficient (Wildman–Crippen LogP) is 5.94. The van der Waals surface area contributed by atoms with Gasteiger partial charge in [-0.25, -0.2) is 22.3 Å². The smallest absolute Gasteiger partial charge is 0.407 e. The number of nitrogens with zero attached hydrogens (tertiary/aromatic N) is 3. The van der Waals surface area contributed by atoms with Gasteiger partial charge in [0.1, 0.15) is 23.5 Å². The average molecular weight is 682 g/mol. The molecule has 15 heteroatoms. The van der Waals surface area contributed by atoms with Crippen molar-refractivity contribution >= 4 is 40.1 Å². The summed E-state index contributed by atoms with van der Waals surface area (Å²) in [6, 6.07) is 7.09. The maximum absolute atomic E-state index is 15.3. The normalized spacial score (nSPS) is 22.6. The van der Waals surface area contributed by atoms with Gasteiger partial charge in [-0.3, -0.25) is 23.8 Å². The van der Waals surface area contributed by atoms with Gasteiger partial charge in [-0.1, -0.05) is 23.7 Å². The van der Waals surface area contributed by atoms with Crippen LogP contribution in [0.4, 0.5) is 23.7 Å². The number of nitrogens with one attached hydrogen (secondary N) is 2. The number of carboxylic acid groups (broad SMARTS) is 1. The second-order valence-corrected chi connectivity index (χ2v) is 14.1. The molecule has 10 nitrogen and oxygen atoms in total. The SMILES string of the molecule is CN(C(=O)O)[C@H](C(=O)Nc1cccc(F)c1CCC1CNC2CCCS(O)(O)N1C2)[C@H](c1cncc(F)c1)c1ccc(Cl)c(F)c1. The zero-order valence-electron chi connectivity index (χ0n) is 24.9. The first-order chi connectivity index (χ1) is 21.9. The first-order valence-corrected chi connectivity index (χ1v) is 16.8. The van der Waals surface area contributed by atoms with Crippen molar-refractivity contribution in [2.45, 2.75) is 49.7 Å². The number of likely N-dealkylation sites (N-methyl/N-ethyl adjacent to an activating group) is 1. The maximum atomic E-state index is 15.3. The molecule has 2 aliphatic rings. The van der Waals surface area contributed by atoms with Crippen LogP contribution >= 0.6 is 22.4 Å². The van der Waals surface area contributed by atoms with Gasteiger partial charge >= 0.3 is 6.09 Å². The molecule has 2 saturated heterocycles. The second kappa shape index (κ2) is 14.2. The quantitative estimate of drug-likeness (QED) is 0.187. The molecule has 2 bridgehead atoms. The third-order valence-corrected chi connectivity index (χ3v) is 10.9. The van der Waals surface area contributed by atoms with Crippen molar-refractivity contribution in [3.8, 4) is 0 Å². The molecule has 0 aliphatic carbocycles. The molecule has 2 amide bonds. The number of anilines is 1. The van der Waals surface area contributed by atoms with Crippen LogP contribution in [0.15, 0.2) is 54.9 Å². The largest absolute Gasteiger partial charge is 0.465 e. The van der Waals surface area contributed by atoms with Crippen LogP contribution in [0.2, 0.25) is 5.02 Å². The highest BCUT2D eigenvalue weighted by atomic mass is 35.5. The summed E-state index contributed by atoms with van der Waals surface area (Å²) in [5.74, 6) is -4.07. The van der Waals surface area contributed by atoms with Crippen LogP contribution in [-0.4, -0.2) is 84.4 Å². The number of aromatic nitrogens is 1. The lowest BCUT2D eigenvalue weighted by Gasteiger charge is -2.49. The Bertz CT molecular complexity index is 1600. The van der Waals surface area contributed by atoms with Crippen LogP contribution in [-0.2, 0) is 11.2 Å². The van der Waals surface area contributed by atoms with E-state index in [1.807, 2.05) is 0 Å². The highest BCUT2D eigenvalue weighted by Crippen LogP contribution is 2.49. The molecule has 0 spiro atoms. The molecular weight excluding hydrogens is 647 g/mol. The number of amides is 2. The van der Waals surface area contributed by atoms with Crippen LogP contribution in [0.1, 0.15) is 41.9 Å². The number of halogens is 4. The van der Waals surface area contributed by atoms with E-state index in [0.29, 0.717) is 30.8 Å². The third-order valence-electron chi connectivity index (χ3n) is 8.59. The molecule has 0 saturated carbocycles. The minimum atomic E-state index is -2.98. The number of benzene rings is 2. The zero-order valence-corrected chi connectivity index (χ0v) is 26.4. The lowest BCUT2D eigenvalue weighted by atomic mass is 9.84. The van der Waals surface area contributed by atoms with E-state index in [4.69, 9.17) is 11.6 Å². The van der Waals surface area contributed by atoms with Crippen molar-refractivity contribution in [1.82, 2.24) is 19.5 Å². The summed E-state index contributed by atoms with van der Waals surface area (Å²) >= 11 is 5.89. The van der Waals surface area contributed by atoms with Gasteiger partial charge in [0.25, 0.3) is 0 Å². The van der Waals surface area contributed by atoms with E-state index in [-0.39, 0.29) is 51.7 Å². The van der Waals surface area contributed by atoms with Crippen molar-refractivity contribution < 1.29 is 37.0 Å². The molecule has 2 aliphatic heterocycles. The lowest BCUT2D eigenvalue weighted by Crippen LogP contribution is -2.55. The first kappa shape index (κ1) is 33.9. The monoisotopic (exact) mass is 681 g/mol. The number of pyridine rings is 1. The fraction of sp³-hybridized carbons (Fsp3) is 0.387. The van der Waals surface area contributed by atoms with E-state index in [2.05, 4.69) is 15.6 Å². The van der Waals surface area contributed by atoms with Gasteiger partial charge in [0.2, 0.25) is 5.91 Å². The Balaban J connectivity index is 1.47. The molecule has 248 valence electrons. The number of fused-ring (bicyclic) bond motifs is 2. The summed E-state index contributed by atoms with van der Waals surface area (Å²) in [4.78, 5) is 30.9. The summed E-state index contributed by atoms with van der Waals surface area (Å²) in [6.45, 7) is 0.932. The Morgan fingerprint density at radius 3 is 2.65 bits per heavy atom. The molecule has 1 aromatic heterocycles. The van der Waals surface area contributed by atoms with Crippen molar-refractivity contribution in [2.75, 3.05) is 31.2 Å². The summed E-state index contributed by atoms with van der Waals surface area (Å²) in [5.41, 5.74) is 0.439. The van der Waals surface area contributed by atoms with Crippen LogP contribution in [0, 0.1) is 17.5 Å². The van der Waals surface area contributed by atoms with Crippen LogP contribution in [0.25, 0.3) is 0 Å². The van der Waals surface area contributed by atoms with Gasteiger partial charge in [0.05, 0.1) is 17.0 Å². The molecule has 5 rings (SSSR count). The third kappa shape index (κ3) is 7.42. The van der Waals surface area contributed by atoms with E-state index >= 15 is 4.39 Å². The van der Waals surface area contributed by atoms with Crippen LogP contribution < -0.4 is 10.6 Å².